The van der Waals surface area contributed by atoms with Gasteiger partial charge in [-0.05, 0) is 55.2 Å². The third-order valence-electron chi connectivity index (χ3n) is 5.36. The first kappa shape index (κ1) is 17.8. The standard InChI is InChI=1S/C21H19F3N2O/c22-21(23,24)16-9-7-14(8-10-16)12-19-15-4-3-5-17(13-15)26(19)20(27)18-6-1-2-11-25-18/h1-2,6-12,15,17H,3-5,13H2/b19-12-. The van der Waals surface area contributed by atoms with E-state index < -0.39 is 11.7 Å². The molecule has 2 heterocycles. The molecule has 3 nitrogen and oxygen atoms in total. The van der Waals surface area contributed by atoms with Crippen LogP contribution in [0.3, 0.4) is 0 Å². The second kappa shape index (κ2) is 6.83. The van der Waals surface area contributed by atoms with Gasteiger partial charge in [0.2, 0.25) is 0 Å². The number of hydrogen-bond donors (Lipinski definition) is 0. The molecule has 1 aromatic heterocycles. The van der Waals surface area contributed by atoms with Crippen LogP contribution in [0.4, 0.5) is 13.2 Å². The molecule has 0 N–H and O–H groups in total. The van der Waals surface area contributed by atoms with Crippen LogP contribution in [0, 0.1) is 5.92 Å². The van der Waals surface area contributed by atoms with Crippen molar-refractivity contribution in [2.24, 2.45) is 5.92 Å². The fraction of sp³-hybridized carbons (Fsp3) is 0.333. The zero-order chi connectivity index (χ0) is 19.0. The van der Waals surface area contributed by atoms with Gasteiger partial charge in [0, 0.05) is 23.9 Å². The number of hydrogen-bond acceptors (Lipinski definition) is 2. The van der Waals surface area contributed by atoms with E-state index in [1.807, 2.05) is 11.0 Å². The second-order valence-electron chi connectivity index (χ2n) is 7.10. The molecule has 4 rings (SSSR count). The highest BCUT2D eigenvalue weighted by Crippen LogP contribution is 2.44. The summed E-state index contributed by atoms with van der Waals surface area (Å²) >= 11 is 0. The lowest BCUT2D eigenvalue weighted by atomic mass is 9.88. The molecule has 0 spiro atoms. The summed E-state index contributed by atoms with van der Waals surface area (Å²) in [5.74, 6) is 0.127. The molecule has 2 bridgehead atoms. The SMILES string of the molecule is O=C(c1ccccn1)N1/C(=C\c2ccc(C(F)(F)F)cc2)C2CCCC1C2. The molecule has 6 heteroatoms. The van der Waals surface area contributed by atoms with E-state index in [1.54, 1.807) is 24.4 Å². The molecule has 2 atom stereocenters. The van der Waals surface area contributed by atoms with E-state index in [2.05, 4.69) is 4.98 Å². The molecule has 2 fully saturated rings. The lowest BCUT2D eigenvalue weighted by Gasteiger charge is -2.25. The van der Waals surface area contributed by atoms with Gasteiger partial charge in [-0.1, -0.05) is 24.6 Å². The van der Waals surface area contributed by atoms with E-state index in [0.29, 0.717) is 11.3 Å². The van der Waals surface area contributed by atoms with Gasteiger partial charge >= 0.3 is 6.18 Å². The lowest BCUT2D eigenvalue weighted by molar-refractivity contribution is -0.137. The molecule has 2 aromatic rings. The molecule has 140 valence electrons. The highest BCUT2D eigenvalue weighted by Gasteiger charge is 2.42. The molecule has 27 heavy (non-hydrogen) atoms. The number of benzene rings is 1. The van der Waals surface area contributed by atoms with Crippen LogP contribution in [0.15, 0.2) is 54.4 Å². The predicted molar refractivity (Wildman–Crippen MR) is 95.6 cm³/mol. The highest BCUT2D eigenvalue weighted by molar-refractivity contribution is 5.94. The van der Waals surface area contributed by atoms with Crippen LogP contribution in [-0.4, -0.2) is 21.8 Å². The number of carbonyl (C=O) groups excluding carboxylic acids is 1. The van der Waals surface area contributed by atoms with Crippen molar-refractivity contribution >= 4 is 12.0 Å². The topological polar surface area (TPSA) is 33.2 Å². The van der Waals surface area contributed by atoms with E-state index in [4.69, 9.17) is 0 Å². The van der Waals surface area contributed by atoms with Crippen LogP contribution in [0.25, 0.3) is 6.08 Å². The van der Waals surface area contributed by atoms with Crippen molar-refractivity contribution in [3.05, 3.63) is 71.2 Å². The molecular weight excluding hydrogens is 353 g/mol. The minimum atomic E-state index is -4.35. The van der Waals surface area contributed by atoms with Gasteiger partial charge in [-0.3, -0.25) is 9.78 Å². The van der Waals surface area contributed by atoms with E-state index in [9.17, 15) is 18.0 Å². The van der Waals surface area contributed by atoms with Crippen LogP contribution in [-0.2, 0) is 6.18 Å². The third kappa shape index (κ3) is 3.48. The average molecular weight is 372 g/mol. The number of nitrogens with zero attached hydrogens (tertiary/aromatic N) is 2. The van der Waals surface area contributed by atoms with Gasteiger partial charge in [0.1, 0.15) is 5.69 Å². The van der Waals surface area contributed by atoms with Crippen LogP contribution in [0.5, 0.6) is 0 Å². The number of likely N-dealkylation sites (tertiary alicyclic amines) is 1. The summed E-state index contributed by atoms with van der Waals surface area (Å²) in [5, 5.41) is 0. The zero-order valence-electron chi connectivity index (χ0n) is 14.6. The Hall–Kier alpha value is -2.63. The molecule has 0 radical (unpaired) electrons. The van der Waals surface area contributed by atoms with Gasteiger partial charge < -0.3 is 4.90 Å². The fourth-order valence-corrected chi connectivity index (χ4v) is 4.10. The van der Waals surface area contributed by atoms with Gasteiger partial charge in [0.15, 0.2) is 0 Å². The number of alkyl halides is 3. The summed E-state index contributed by atoms with van der Waals surface area (Å²) in [6.07, 6.45) is 2.99. The van der Waals surface area contributed by atoms with Crippen molar-refractivity contribution in [1.82, 2.24) is 9.88 Å². The Kier molecular flexibility index (Phi) is 4.50. The Balaban J connectivity index is 1.68. The average Bonchev–Trinajstić information content (AvgIpc) is 2.91. The maximum Gasteiger partial charge on any atom is 0.416 e. The minimum absolute atomic E-state index is 0.136. The predicted octanol–water partition coefficient (Wildman–Crippen LogP) is 5.16. The Morgan fingerprint density at radius 3 is 2.56 bits per heavy atom. The smallest absolute Gasteiger partial charge is 0.307 e. The molecule has 2 aliphatic rings. The van der Waals surface area contributed by atoms with Gasteiger partial charge in [-0.2, -0.15) is 13.2 Å². The lowest BCUT2D eigenvalue weighted by Crippen LogP contribution is -2.34. The molecule has 1 aromatic carbocycles. The summed E-state index contributed by atoms with van der Waals surface area (Å²) in [6, 6.07) is 10.5. The first-order chi connectivity index (χ1) is 12.9. The number of allylic oxidation sites excluding steroid dienone is 1. The summed E-state index contributed by atoms with van der Waals surface area (Å²) in [5.41, 5.74) is 1.29. The fourth-order valence-electron chi connectivity index (χ4n) is 4.10. The monoisotopic (exact) mass is 372 g/mol. The normalized spacial score (nSPS) is 23.7. The van der Waals surface area contributed by atoms with E-state index in [-0.39, 0.29) is 17.9 Å². The van der Waals surface area contributed by atoms with Crippen molar-refractivity contribution < 1.29 is 18.0 Å². The van der Waals surface area contributed by atoms with Crippen LogP contribution >= 0.6 is 0 Å². The van der Waals surface area contributed by atoms with Crippen LogP contribution < -0.4 is 0 Å². The third-order valence-corrected chi connectivity index (χ3v) is 5.36. The molecule has 2 unspecified atom stereocenters. The first-order valence-electron chi connectivity index (χ1n) is 9.07. The Morgan fingerprint density at radius 2 is 1.89 bits per heavy atom. The summed E-state index contributed by atoms with van der Waals surface area (Å²) in [6.45, 7) is 0. The van der Waals surface area contributed by atoms with Gasteiger partial charge in [-0.25, -0.2) is 0 Å². The maximum absolute atomic E-state index is 13.0. The summed E-state index contributed by atoms with van der Waals surface area (Å²) in [7, 11) is 0. The number of rotatable bonds is 2. The summed E-state index contributed by atoms with van der Waals surface area (Å²) in [4.78, 5) is 19.0. The van der Waals surface area contributed by atoms with Gasteiger partial charge in [0.25, 0.3) is 5.91 Å². The van der Waals surface area contributed by atoms with E-state index in [0.717, 1.165) is 43.5 Å². The maximum atomic E-state index is 13.0. The molecule has 1 saturated carbocycles. The Labute approximate surface area is 155 Å². The van der Waals surface area contributed by atoms with E-state index in [1.165, 1.54) is 12.1 Å². The second-order valence-corrected chi connectivity index (χ2v) is 7.10. The highest BCUT2D eigenvalue weighted by atomic mass is 19.4. The number of halogens is 3. The quantitative estimate of drug-likeness (QED) is 0.730. The first-order valence-corrected chi connectivity index (χ1v) is 9.07. The largest absolute Gasteiger partial charge is 0.416 e. The Morgan fingerprint density at radius 1 is 1.11 bits per heavy atom. The molecular formula is C21H19F3N2O. The van der Waals surface area contributed by atoms with Crippen LogP contribution in [0.2, 0.25) is 0 Å². The van der Waals surface area contributed by atoms with Crippen molar-refractivity contribution in [3.8, 4) is 0 Å². The van der Waals surface area contributed by atoms with Gasteiger partial charge in [-0.15, -0.1) is 0 Å². The van der Waals surface area contributed by atoms with E-state index >= 15 is 0 Å². The van der Waals surface area contributed by atoms with Crippen molar-refractivity contribution in [3.63, 3.8) is 0 Å². The van der Waals surface area contributed by atoms with Crippen molar-refractivity contribution in [2.75, 3.05) is 0 Å². The number of carbonyl (C=O) groups is 1. The van der Waals surface area contributed by atoms with Crippen molar-refractivity contribution in [2.45, 2.75) is 37.9 Å². The van der Waals surface area contributed by atoms with Crippen molar-refractivity contribution in [1.29, 1.82) is 0 Å². The summed E-state index contributed by atoms with van der Waals surface area (Å²) < 4.78 is 38.3. The number of amides is 1. The zero-order valence-corrected chi connectivity index (χ0v) is 14.6. The molecule has 1 saturated heterocycles. The Bertz CT molecular complexity index is 859. The molecule has 1 aliphatic carbocycles. The number of aromatic nitrogens is 1. The molecule has 1 aliphatic heterocycles. The number of fused-ring (bicyclic) bond motifs is 2. The number of pyridine rings is 1. The van der Waals surface area contributed by atoms with Crippen LogP contribution in [0.1, 0.15) is 47.3 Å². The van der Waals surface area contributed by atoms with Gasteiger partial charge in [0.05, 0.1) is 5.56 Å². The molecule has 1 amide bonds. The minimum Gasteiger partial charge on any atom is -0.307 e.